The summed E-state index contributed by atoms with van der Waals surface area (Å²) in [5, 5.41) is 17.9. The van der Waals surface area contributed by atoms with E-state index in [1.54, 1.807) is 11.3 Å². The Morgan fingerprint density at radius 1 is 1.00 bits per heavy atom. The molecule has 2 N–H and O–H groups in total. The average Bonchev–Trinajstić information content (AvgIpc) is 3.02. The van der Waals surface area contributed by atoms with Crippen molar-refractivity contribution < 1.29 is 5.11 Å². The molecule has 0 fully saturated rings. The normalized spacial score (nSPS) is 12.7. The molecule has 0 aliphatic rings. The van der Waals surface area contributed by atoms with Gasteiger partial charge in [0.05, 0.1) is 0 Å². The summed E-state index contributed by atoms with van der Waals surface area (Å²) in [6, 6.07) is 18.7. The number of aliphatic hydroxyl groups is 1. The molecule has 2 aromatic carbocycles. The molecule has 1 aromatic heterocycles. The maximum Gasteiger partial charge on any atom is 0.101 e. The molecule has 3 heteroatoms. The Bertz CT molecular complexity index is 673. The van der Waals surface area contributed by atoms with E-state index in [1.165, 1.54) is 16.3 Å². The zero-order valence-electron chi connectivity index (χ0n) is 11.1. The van der Waals surface area contributed by atoms with Crippen LogP contribution in [0.1, 0.15) is 16.5 Å². The van der Waals surface area contributed by atoms with Gasteiger partial charge in [-0.25, -0.2) is 0 Å². The van der Waals surface area contributed by atoms with E-state index in [4.69, 9.17) is 0 Å². The predicted molar refractivity (Wildman–Crippen MR) is 84.9 cm³/mol. The molecule has 20 heavy (non-hydrogen) atoms. The lowest BCUT2D eigenvalue weighted by atomic mass is 10.0. The first-order valence-corrected chi connectivity index (χ1v) is 7.61. The molecule has 1 heterocycles. The minimum Gasteiger partial charge on any atom is -0.386 e. The Balaban J connectivity index is 1.66. The Labute approximate surface area is 122 Å². The van der Waals surface area contributed by atoms with Crippen molar-refractivity contribution in [1.82, 2.24) is 5.32 Å². The second kappa shape index (κ2) is 6.18. The van der Waals surface area contributed by atoms with Crippen molar-refractivity contribution in [3.05, 3.63) is 70.4 Å². The second-order valence-corrected chi connectivity index (χ2v) is 5.78. The molecular formula is C17H17NOS. The molecule has 0 aliphatic heterocycles. The van der Waals surface area contributed by atoms with E-state index in [9.17, 15) is 5.11 Å². The number of benzene rings is 2. The van der Waals surface area contributed by atoms with E-state index in [2.05, 4.69) is 47.8 Å². The average molecular weight is 283 g/mol. The highest BCUT2D eigenvalue weighted by molar-refractivity contribution is 7.10. The highest BCUT2D eigenvalue weighted by atomic mass is 32.1. The molecule has 0 saturated heterocycles. The quantitative estimate of drug-likeness (QED) is 0.748. The predicted octanol–water partition coefficient (Wildman–Crippen LogP) is 3.72. The minimum absolute atomic E-state index is 0.426. The first-order valence-electron chi connectivity index (χ1n) is 6.73. The van der Waals surface area contributed by atoms with Gasteiger partial charge in [0, 0.05) is 18.0 Å². The molecule has 1 atom stereocenters. The van der Waals surface area contributed by atoms with Gasteiger partial charge in [0.25, 0.3) is 0 Å². The summed E-state index contributed by atoms with van der Waals surface area (Å²) < 4.78 is 0. The summed E-state index contributed by atoms with van der Waals surface area (Å²) in [6.07, 6.45) is -0.426. The van der Waals surface area contributed by atoms with Crippen LogP contribution >= 0.6 is 11.3 Å². The Morgan fingerprint density at radius 3 is 2.70 bits per heavy atom. The Hall–Kier alpha value is -1.68. The lowest BCUT2D eigenvalue weighted by Crippen LogP contribution is -2.20. The van der Waals surface area contributed by atoms with Gasteiger partial charge >= 0.3 is 0 Å². The number of thiophene rings is 1. The molecule has 0 spiro atoms. The van der Waals surface area contributed by atoms with Crippen LogP contribution in [0.25, 0.3) is 10.8 Å². The molecule has 0 aliphatic carbocycles. The fourth-order valence-electron chi connectivity index (χ4n) is 2.37. The third-order valence-corrected chi connectivity index (χ3v) is 4.38. The highest BCUT2D eigenvalue weighted by Gasteiger charge is 2.08. The van der Waals surface area contributed by atoms with Gasteiger partial charge in [0.2, 0.25) is 0 Å². The summed E-state index contributed by atoms with van der Waals surface area (Å²) in [6.45, 7) is 1.34. The molecule has 1 unspecified atom stereocenters. The van der Waals surface area contributed by atoms with Crippen LogP contribution in [0.3, 0.4) is 0 Å². The molecule has 0 radical (unpaired) electrons. The zero-order valence-corrected chi connectivity index (χ0v) is 11.9. The van der Waals surface area contributed by atoms with Gasteiger partial charge in [0.15, 0.2) is 0 Å². The van der Waals surface area contributed by atoms with Crippen LogP contribution in [0.5, 0.6) is 0 Å². The third-order valence-electron chi connectivity index (χ3n) is 3.40. The maximum atomic E-state index is 10.0. The number of rotatable bonds is 5. The van der Waals surface area contributed by atoms with Gasteiger partial charge in [0.1, 0.15) is 6.10 Å². The van der Waals surface area contributed by atoms with Crippen molar-refractivity contribution >= 4 is 22.1 Å². The van der Waals surface area contributed by atoms with Crippen molar-refractivity contribution in [2.45, 2.75) is 12.6 Å². The molecule has 2 nitrogen and oxygen atoms in total. The van der Waals surface area contributed by atoms with Crippen molar-refractivity contribution in [3.8, 4) is 0 Å². The molecular weight excluding hydrogens is 266 g/mol. The van der Waals surface area contributed by atoms with Crippen LogP contribution in [-0.4, -0.2) is 11.7 Å². The van der Waals surface area contributed by atoms with E-state index in [1.807, 2.05) is 17.5 Å². The van der Waals surface area contributed by atoms with Crippen LogP contribution in [0.15, 0.2) is 60.0 Å². The van der Waals surface area contributed by atoms with Crippen LogP contribution in [0, 0.1) is 0 Å². The summed E-state index contributed by atoms with van der Waals surface area (Å²) in [5.74, 6) is 0. The number of hydrogen-bond acceptors (Lipinski definition) is 3. The van der Waals surface area contributed by atoms with Crippen molar-refractivity contribution in [3.63, 3.8) is 0 Å². The molecule has 3 rings (SSSR count). The van der Waals surface area contributed by atoms with E-state index in [0.717, 1.165) is 11.4 Å². The van der Waals surface area contributed by atoms with Crippen molar-refractivity contribution in [2.75, 3.05) is 6.54 Å². The fraction of sp³-hybridized carbons (Fsp3) is 0.176. The van der Waals surface area contributed by atoms with E-state index < -0.39 is 6.10 Å². The first-order chi connectivity index (χ1) is 9.84. The lowest BCUT2D eigenvalue weighted by Gasteiger charge is -2.11. The van der Waals surface area contributed by atoms with Crippen molar-refractivity contribution in [1.29, 1.82) is 0 Å². The second-order valence-electron chi connectivity index (χ2n) is 4.80. The molecule has 0 bridgehead atoms. The summed E-state index contributed by atoms with van der Waals surface area (Å²) >= 11 is 1.59. The van der Waals surface area contributed by atoms with Gasteiger partial charge in [-0.15, -0.1) is 11.3 Å². The van der Waals surface area contributed by atoms with Crippen LogP contribution in [0.4, 0.5) is 0 Å². The van der Waals surface area contributed by atoms with Gasteiger partial charge in [-0.05, 0) is 27.8 Å². The van der Waals surface area contributed by atoms with E-state index >= 15 is 0 Å². The third kappa shape index (κ3) is 2.90. The van der Waals surface area contributed by atoms with E-state index in [-0.39, 0.29) is 0 Å². The summed E-state index contributed by atoms with van der Waals surface area (Å²) in [4.78, 5) is 1.01. The minimum atomic E-state index is -0.426. The zero-order chi connectivity index (χ0) is 13.8. The van der Waals surface area contributed by atoms with Gasteiger partial charge in [-0.3, -0.25) is 0 Å². The van der Waals surface area contributed by atoms with E-state index in [0.29, 0.717) is 6.54 Å². The lowest BCUT2D eigenvalue weighted by molar-refractivity contribution is 0.178. The molecule has 3 aromatic rings. The topological polar surface area (TPSA) is 32.3 Å². The summed E-state index contributed by atoms with van der Waals surface area (Å²) in [7, 11) is 0. The largest absolute Gasteiger partial charge is 0.386 e. The molecule has 102 valence electrons. The monoisotopic (exact) mass is 283 g/mol. The number of aliphatic hydroxyl groups excluding tert-OH is 1. The summed E-state index contributed by atoms with van der Waals surface area (Å²) in [5.41, 5.74) is 1.27. The standard InChI is InChI=1S/C17H17NOS/c19-16(17-9-4-10-20-17)12-18-11-14-7-3-6-13-5-1-2-8-15(13)14/h1-10,16,18-19H,11-12H2. The fourth-order valence-corrected chi connectivity index (χ4v) is 3.08. The highest BCUT2D eigenvalue weighted by Crippen LogP contribution is 2.20. The Kier molecular flexibility index (Phi) is 4.11. The van der Waals surface area contributed by atoms with Crippen LogP contribution in [-0.2, 0) is 6.54 Å². The Morgan fingerprint density at radius 2 is 1.85 bits per heavy atom. The maximum absolute atomic E-state index is 10.0. The van der Waals surface area contributed by atoms with Gasteiger partial charge < -0.3 is 10.4 Å². The SMILES string of the molecule is OC(CNCc1cccc2ccccc12)c1cccs1. The smallest absolute Gasteiger partial charge is 0.101 e. The number of nitrogens with one attached hydrogen (secondary N) is 1. The molecule has 0 amide bonds. The van der Waals surface area contributed by atoms with Crippen molar-refractivity contribution in [2.24, 2.45) is 0 Å². The number of hydrogen-bond donors (Lipinski definition) is 2. The van der Waals surface area contributed by atoms with Gasteiger partial charge in [-0.2, -0.15) is 0 Å². The number of fused-ring (bicyclic) bond motifs is 1. The van der Waals surface area contributed by atoms with Crippen LogP contribution < -0.4 is 5.32 Å². The molecule has 0 saturated carbocycles. The van der Waals surface area contributed by atoms with Gasteiger partial charge in [-0.1, -0.05) is 48.5 Å². The first kappa shape index (κ1) is 13.3. The van der Waals surface area contributed by atoms with Crippen LogP contribution in [0.2, 0.25) is 0 Å².